The molecule has 0 aliphatic heterocycles. The van der Waals surface area contributed by atoms with Crippen molar-refractivity contribution in [3.05, 3.63) is 47.2 Å². The molecule has 1 aromatic heterocycles. The van der Waals surface area contributed by atoms with Gasteiger partial charge in [0.05, 0.1) is 10.7 Å². The number of para-hydroxylation sites is 1. The van der Waals surface area contributed by atoms with Crippen molar-refractivity contribution in [1.82, 2.24) is 14.9 Å². The average molecular weight is 305 g/mol. The van der Waals surface area contributed by atoms with Gasteiger partial charge in [-0.2, -0.15) is 0 Å². The van der Waals surface area contributed by atoms with Crippen LogP contribution < -0.4 is 5.32 Å². The van der Waals surface area contributed by atoms with E-state index in [0.717, 1.165) is 0 Å². The van der Waals surface area contributed by atoms with E-state index in [9.17, 15) is 4.79 Å². The van der Waals surface area contributed by atoms with Gasteiger partial charge in [0.2, 0.25) is 5.95 Å². The molecule has 0 unspecified atom stereocenters. The van der Waals surface area contributed by atoms with E-state index in [2.05, 4.69) is 15.3 Å². The third-order valence-corrected chi connectivity index (χ3v) is 3.38. The Hall–Kier alpha value is -2.14. The van der Waals surface area contributed by atoms with Gasteiger partial charge in [0.15, 0.2) is 0 Å². The molecule has 0 spiro atoms. The van der Waals surface area contributed by atoms with Gasteiger partial charge in [-0.1, -0.05) is 23.7 Å². The molecule has 0 radical (unpaired) electrons. The molecule has 0 aliphatic rings. The molecule has 0 fully saturated rings. The zero-order valence-corrected chi connectivity index (χ0v) is 12.8. The maximum atomic E-state index is 12.3. The molecule has 21 heavy (non-hydrogen) atoms. The Balaban J connectivity index is 2.22. The van der Waals surface area contributed by atoms with E-state index in [-0.39, 0.29) is 5.91 Å². The molecule has 1 aromatic carbocycles. The molecular formula is C15H17ClN4O. The number of nitrogens with one attached hydrogen (secondary N) is 1. The average Bonchev–Trinajstić information content (AvgIpc) is 2.51. The standard InChI is InChI=1S/C15H17ClN4O/c1-3-20(4-2)14(21)13-9-10-17-15(19-13)18-12-8-6-5-7-11(12)16/h5-10H,3-4H2,1-2H3,(H,17,18,19). The van der Waals surface area contributed by atoms with E-state index in [4.69, 9.17) is 11.6 Å². The van der Waals surface area contributed by atoms with Gasteiger partial charge in [0, 0.05) is 19.3 Å². The summed E-state index contributed by atoms with van der Waals surface area (Å²) < 4.78 is 0. The number of hydrogen-bond donors (Lipinski definition) is 1. The normalized spacial score (nSPS) is 10.2. The van der Waals surface area contributed by atoms with E-state index in [1.807, 2.05) is 32.0 Å². The summed E-state index contributed by atoms with van der Waals surface area (Å²) >= 11 is 6.08. The molecular weight excluding hydrogens is 288 g/mol. The molecule has 1 N–H and O–H groups in total. The summed E-state index contributed by atoms with van der Waals surface area (Å²) in [6.07, 6.45) is 1.56. The summed E-state index contributed by atoms with van der Waals surface area (Å²) in [5.74, 6) is 0.241. The minimum atomic E-state index is -0.107. The molecule has 1 heterocycles. The molecule has 6 heteroatoms. The van der Waals surface area contributed by atoms with Crippen molar-refractivity contribution in [2.24, 2.45) is 0 Å². The first-order valence-electron chi connectivity index (χ1n) is 6.79. The predicted octanol–water partition coefficient (Wildman–Crippen LogP) is 3.36. The number of halogens is 1. The Morgan fingerprint density at radius 2 is 1.95 bits per heavy atom. The van der Waals surface area contributed by atoms with Gasteiger partial charge in [-0.25, -0.2) is 9.97 Å². The fourth-order valence-electron chi connectivity index (χ4n) is 1.89. The number of nitrogens with zero attached hydrogens (tertiary/aromatic N) is 3. The zero-order valence-electron chi connectivity index (χ0n) is 12.0. The lowest BCUT2D eigenvalue weighted by molar-refractivity contribution is 0.0767. The molecule has 0 saturated heterocycles. The summed E-state index contributed by atoms with van der Waals surface area (Å²) in [6, 6.07) is 8.91. The fraction of sp³-hybridized carbons (Fsp3) is 0.267. The topological polar surface area (TPSA) is 58.1 Å². The molecule has 0 aliphatic carbocycles. The second-order valence-electron chi connectivity index (χ2n) is 4.35. The minimum absolute atomic E-state index is 0.107. The first-order valence-corrected chi connectivity index (χ1v) is 7.17. The lowest BCUT2D eigenvalue weighted by Crippen LogP contribution is -2.31. The Morgan fingerprint density at radius 1 is 1.24 bits per heavy atom. The lowest BCUT2D eigenvalue weighted by Gasteiger charge is -2.18. The highest BCUT2D eigenvalue weighted by Crippen LogP contribution is 2.23. The van der Waals surface area contributed by atoms with Gasteiger partial charge in [0.25, 0.3) is 5.91 Å². The van der Waals surface area contributed by atoms with Crippen LogP contribution in [0.3, 0.4) is 0 Å². The second-order valence-corrected chi connectivity index (χ2v) is 4.75. The molecule has 0 atom stereocenters. The van der Waals surface area contributed by atoms with Crippen molar-refractivity contribution in [3.8, 4) is 0 Å². The highest BCUT2D eigenvalue weighted by Gasteiger charge is 2.14. The smallest absolute Gasteiger partial charge is 0.272 e. The van der Waals surface area contributed by atoms with Gasteiger partial charge in [-0.3, -0.25) is 4.79 Å². The number of carbonyl (C=O) groups excluding carboxylic acids is 1. The third-order valence-electron chi connectivity index (χ3n) is 3.05. The summed E-state index contributed by atoms with van der Waals surface area (Å²) in [5.41, 5.74) is 1.06. The Kier molecular flexibility index (Phi) is 5.11. The third kappa shape index (κ3) is 3.70. The molecule has 2 aromatic rings. The van der Waals surface area contributed by atoms with Gasteiger partial charge < -0.3 is 10.2 Å². The molecule has 1 amide bonds. The highest BCUT2D eigenvalue weighted by molar-refractivity contribution is 6.33. The van der Waals surface area contributed by atoms with Crippen LogP contribution in [0.25, 0.3) is 0 Å². The highest BCUT2D eigenvalue weighted by atomic mass is 35.5. The SMILES string of the molecule is CCN(CC)C(=O)c1ccnc(Nc2ccccc2Cl)n1. The largest absolute Gasteiger partial charge is 0.338 e. The van der Waals surface area contributed by atoms with Crippen molar-refractivity contribution in [3.63, 3.8) is 0 Å². The summed E-state index contributed by atoms with van der Waals surface area (Å²) in [6.45, 7) is 5.16. The number of rotatable bonds is 5. The van der Waals surface area contributed by atoms with E-state index in [1.165, 1.54) is 0 Å². The monoisotopic (exact) mass is 304 g/mol. The van der Waals surface area contributed by atoms with Crippen LogP contribution >= 0.6 is 11.6 Å². The first kappa shape index (κ1) is 15.3. The van der Waals surface area contributed by atoms with Crippen molar-refractivity contribution in [1.29, 1.82) is 0 Å². The molecule has 110 valence electrons. The first-order chi connectivity index (χ1) is 10.2. The van der Waals surface area contributed by atoms with Crippen molar-refractivity contribution in [2.45, 2.75) is 13.8 Å². The maximum Gasteiger partial charge on any atom is 0.272 e. The number of benzene rings is 1. The van der Waals surface area contributed by atoms with Gasteiger partial charge in [-0.15, -0.1) is 0 Å². The summed E-state index contributed by atoms with van der Waals surface area (Å²) in [7, 11) is 0. The molecule has 0 bridgehead atoms. The van der Waals surface area contributed by atoms with Crippen molar-refractivity contribution in [2.75, 3.05) is 18.4 Å². The minimum Gasteiger partial charge on any atom is -0.338 e. The van der Waals surface area contributed by atoms with Crippen LogP contribution in [0.5, 0.6) is 0 Å². The Morgan fingerprint density at radius 3 is 2.62 bits per heavy atom. The number of amides is 1. The number of anilines is 2. The van der Waals surface area contributed by atoms with Crippen LogP contribution in [0, 0.1) is 0 Å². The maximum absolute atomic E-state index is 12.3. The zero-order chi connectivity index (χ0) is 15.2. The number of aromatic nitrogens is 2. The van der Waals surface area contributed by atoms with Gasteiger partial charge in [0.1, 0.15) is 5.69 Å². The van der Waals surface area contributed by atoms with Crippen molar-refractivity contribution >= 4 is 29.1 Å². The number of carbonyl (C=O) groups is 1. The van der Waals surface area contributed by atoms with Crippen LogP contribution in [0.1, 0.15) is 24.3 Å². The van der Waals surface area contributed by atoms with Crippen molar-refractivity contribution < 1.29 is 4.79 Å². The van der Waals surface area contributed by atoms with Crippen LogP contribution in [0.2, 0.25) is 5.02 Å². The lowest BCUT2D eigenvalue weighted by atomic mass is 10.3. The fourth-order valence-corrected chi connectivity index (χ4v) is 2.08. The van der Waals surface area contributed by atoms with Crippen LogP contribution in [0.4, 0.5) is 11.6 Å². The Labute approximate surface area is 129 Å². The van der Waals surface area contributed by atoms with Crippen LogP contribution in [-0.2, 0) is 0 Å². The molecule has 2 rings (SSSR count). The predicted molar refractivity (Wildman–Crippen MR) is 84.0 cm³/mol. The van der Waals surface area contributed by atoms with Gasteiger partial charge >= 0.3 is 0 Å². The van der Waals surface area contributed by atoms with E-state index < -0.39 is 0 Å². The van der Waals surface area contributed by atoms with E-state index in [0.29, 0.717) is 35.4 Å². The van der Waals surface area contributed by atoms with Crippen LogP contribution in [-0.4, -0.2) is 33.9 Å². The summed E-state index contributed by atoms with van der Waals surface area (Å²) in [4.78, 5) is 22.3. The number of hydrogen-bond acceptors (Lipinski definition) is 4. The Bertz CT molecular complexity index is 629. The van der Waals surface area contributed by atoms with Crippen LogP contribution in [0.15, 0.2) is 36.5 Å². The van der Waals surface area contributed by atoms with E-state index in [1.54, 1.807) is 23.2 Å². The summed E-state index contributed by atoms with van der Waals surface area (Å²) in [5, 5.41) is 3.59. The second kappa shape index (κ2) is 7.04. The molecule has 5 nitrogen and oxygen atoms in total. The quantitative estimate of drug-likeness (QED) is 0.920. The van der Waals surface area contributed by atoms with E-state index >= 15 is 0 Å². The van der Waals surface area contributed by atoms with Gasteiger partial charge in [-0.05, 0) is 32.0 Å². The molecule has 0 saturated carbocycles.